The highest BCUT2D eigenvalue weighted by Gasteiger charge is 2.44. The first-order valence-corrected chi connectivity index (χ1v) is 26.6. The fourth-order valence-electron chi connectivity index (χ4n) is 10.4. The number of unbranched alkanes of at least 4 members (excludes halogenated alkanes) is 2. The Bertz CT molecular complexity index is 2240. The summed E-state index contributed by atoms with van der Waals surface area (Å²) >= 11 is 0. The van der Waals surface area contributed by atoms with E-state index in [4.69, 9.17) is 9.47 Å². The van der Waals surface area contributed by atoms with Gasteiger partial charge in [0.1, 0.15) is 12.1 Å². The Labute approximate surface area is 437 Å². The lowest BCUT2D eigenvalue weighted by atomic mass is 9.89. The van der Waals surface area contributed by atoms with Crippen LogP contribution in [0.1, 0.15) is 110 Å². The van der Waals surface area contributed by atoms with Crippen LogP contribution in [0.15, 0.2) is 66.7 Å². The van der Waals surface area contributed by atoms with Crippen molar-refractivity contribution in [2.75, 3.05) is 46.2 Å². The van der Waals surface area contributed by atoms with Crippen molar-refractivity contribution in [3.63, 3.8) is 0 Å². The number of ether oxygens (including phenoxy) is 2. The maximum atomic E-state index is 14.5. The van der Waals surface area contributed by atoms with Crippen LogP contribution in [0.4, 0.5) is 5.69 Å². The molecule has 5 N–H and O–H groups in total. The van der Waals surface area contributed by atoms with Gasteiger partial charge in [-0.15, -0.1) is 0 Å². The molecule has 2 aromatic rings. The average molecular weight is 1030 g/mol. The van der Waals surface area contributed by atoms with Gasteiger partial charge in [-0.05, 0) is 79.7 Å². The Morgan fingerprint density at radius 3 is 2.14 bits per heavy atom. The summed E-state index contributed by atoms with van der Waals surface area (Å²) in [6, 6.07) is 13.4. The Morgan fingerprint density at radius 2 is 1.53 bits per heavy atom. The number of likely N-dealkylation sites (N-methyl/N-ethyl adjacent to an activating group) is 1. The van der Waals surface area contributed by atoms with Gasteiger partial charge in [0.2, 0.25) is 35.4 Å². The van der Waals surface area contributed by atoms with Gasteiger partial charge in [-0.1, -0.05) is 96.8 Å². The highest BCUT2D eigenvalue weighted by Crippen LogP contribution is 2.30. The SMILES string of the molecule is CC[C@H](C)[C@@H]([C@@H](CC(=O)N1CCC[C@H]1[C@H](OC)[C@@H](C)C(=O)N[C@@H](Cc1ccccc1)C(=O)Nc1ccc(CNC(=O)CCCCCN2C(=O)C=CC2=O)cc1)OC)N(C)C(=O)[C@@H](NC(=O)[C@H]1NCC[C@@H]1C)C(C)C. The molecule has 0 saturated carbocycles. The van der Waals surface area contributed by atoms with Crippen LogP contribution >= 0.6 is 0 Å². The fourth-order valence-corrected chi connectivity index (χ4v) is 10.4. The third-order valence-corrected chi connectivity index (χ3v) is 15.1. The Morgan fingerprint density at radius 1 is 0.838 bits per heavy atom. The molecule has 18 heteroatoms. The number of benzene rings is 2. The topological polar surface area (TPSA) is 225 Å². The van der Waals surface area contributed by atoms with E-state index in [0.29, 0.717) is 63.7 Å². The summed E-state index contributed by atoms with van der Waals surface area (Å²) < 4.78 is 12.1. The summed E-state index contributed by atoms with van der Waals surface area (Å²) in [6.07, 6.45) is 6.42. The van der Waals surface area contributed by atoms with Crippen molar-refractivity contribution in [3.05, 3.63) is 77.9 Å². The number of anilines is 1. The predicted octanol–water partition coefficient (Wildman–Crippen LogP) is 4.51. The quantitative estimate of drug-likeness (QED) is 0.0589. The van der Waals surface area contributed by atoms with Crippen molar-refractivity contribution in [2.45, 2.75) is 155 Å². The summed E-state index contributed by atoms with van der Waals surface area (Å²) in [6.45, 7) is 13.4. The zero-order chi connectivity index (χ0) is 54.1. The van der Waals surface area contributed by atoms with Crippen LogP contribution < -0.4 is 26.6 Å². The molecule has 3 aliphatic heterocycles. The number of amides is 8. The van der Waals surface area contributed by atoms with Gasteiger partial charge in [0.25, 0.3) is 11.8 Å². The maximum absolute atomic E-state index is 14.5. The standard InChI is InChI=1S/C56H82N8O10/c1-10-36(4)51(62(7)56(72)49(35(2)3)61-55(71)50-37(5)28-29-57-50)44(73-8)33-48(68)63-31-17-20-43(63)52(74-9)38(6)53(69)60-42(32-39-18-13-11-14-19-39)54(70)59-41-24-22-40(23-25-41)34-58-45(65)21-15-12-16-30-64-46(66)26-27-47(64)67/h11,13-14,18-19,22-27,35-38,42-44,49-52,57H,10,12,15-17,20-21,28-34H2,1-9H3,(H,58,65)(H,59,70)(H,60,69)(H,61,71)/t36-,37-,38+,42-,43-,44+,49-,50-,51-,52+/m0/s1. The Hall–Kier alpha value is -5.98. The number of likely N-dealkylation sites (tertiary alicyclic amines) is 1. The van der Waals surface area contributed by atoms with E-state index in [2.05, 4.69) is 26.6 Å². The molecule has 2 saturated heterocycles. The molecule has 10 atom stereocenters. The van der Waals surface area contributed by atoms with Gasteiger partial charge in [-0.2, -0.15) is 0 Å². The van der Waals surface area contributed by atoms with Crippen LogP contribution in [-0.4, -0.2) is 145 Å². The lowest BCUT2D eigenvalue weighted by Crippen LogP contribution is -2.59. The molecule has 74 heavy (non-hydrogen) atoms. The lowest BCUT2D eigenvalue weighted by Gasteiger charge is -2.41. The van der Waals surface area contributed by atoms with Crippen molar-refractivity contribution in [1.82, 2.24) is 36.0 Å². The molecule has 0 aromatic heterocycles. The van der Waals surface area contributed by atoms with E-state index < -0.39 is 54.1 Å². The molecular formula is C56H82N8O10. The van der Waals surface area contributed by atoms with Crippen LogP contribution in [0, 0.1) is 23.7 Å². The summed E-state index contributed by atoms with van der Waals surface area (Å²) in [7, 11) is 4.79. The molecule has 2 fully saturated rings. The van der Waals surface area contributed by atoms with Crippen molar-refractivity contribution < 1.29 is 47.8 Å². The molecule has 5 rings (SSSR count). The van der Waals surface area contributed by atoms with Crippen molar-refractivity contribution in [3.8, 4) is 0 Å². The molecule has 3 aliphatic rings. The Kier molecular flexibility index (Phi) is 22.8. The van der Waals surface area contributed by atoms with Gasteiger partial charge in [-0.3, -0.25) is 43.3 Å². The summed E-state index contributed by atoms with van der Waals surface area (Å²) in [5.74, 6) is -3.10. The minimum atomic E-state index is -0.968. The number of carbonyl (C=O) groups is 8. The highest BCUT2D eigenvalue weighted by atomic mass is 16.5. The third-order valence-electron chi connectivity index (χ3n) is 15.1. The van der Waals surface area contributed by atoms with E-state index in [1.807, 2.05) is 65.0 Å². The van der Waals surface area contributed by atoms with Crippen LogP contribution in [0.5, 0.6) is 0 Å². The van der Waals surface area contributed by atoms with Gasteiger partial charge in [-0.25, -0.2) is 0 Å². The molecule has 3 heterocycles. The largest absolute Gasteiger partial charge is 0.379 e. The second kappa shape index (κ2) is 28.6. The van der Waals surface area contributed by atoms with Crippen LogP contribution in [0.2, 0.25) is 0 Å². The molecule has 0 aliphatic carbocycles. The van der Waals surface area contributed by atoms with Crippen LogP contribution in [0.3, 0.4) is 0 Å². The predicted molar refractivity (Wildman–Crippen MR) is 282 cm³/mol. The number of methoxy groups -OCH3 is 2. The molecule has 2 aromatic carbocycles. The van der Waals surface area contributed by atoms with Gasteiger partial charge in [0.05, 0.1) is 42.7 Å². The number of rotatable bonds is 28. The van der Waals surface area contributed by atoms with Gasteiger partial charge >= 0.3 is 0 Å². The molecule has 0 unspecified atom stereocenters. The molecule has 406 valence electrons. The van der Waals surface area contributed by atoms with Crippen molar-refractivity contribution in [2.24, 2.45) is 23.7 Å². The zero-order valence-electron chi connectivity index (χ0n) is 45.0. The molecule has 0 radical (unpaired) electrons. The maximum Gasteiger partial charge on any atom is 0.253 e. The van der Waals surface area contributed by atoms with Crippen molar-refractivity contribution >= 4 is 52.9 Å². The number of hydrogen-bond donors (Lipinski definition) is 5. The van der Waals surface area contributed by atoms with Gasteiger partial charge in [0.15, 0.2) is 0 Å². The second-order valence-corrected chi connectivity index (χ2v) is 20.7. The summed E-state index contributed by atoms with van der Waals surface area (Å²) in [5, 5.41) is 15.1. The number of hydrogen-bond acceptors (Lipinski definition) is 11. The minimum absolute atomic E-state index is 0.0253. The Balaban J connectivity index is 1.19. The number of carbonyl (C=O) groups excluding carboxylic acids is 8. The smallest absolute Gasteiger partial charge is 0.253 e. The molecule has 18 nitrogen and oxygen atoms in total. The van der Waals surface area contributed by atoms with Gasteiger partial charge in [0, 0.05) is 71.6 Å². The monoisotopic (exact) mass is 1030 g/mol. The number of imide groups is 1. The van der Waals surface area contributed by atoms with Crippen molar-refractivity contribution in [1.29, 1.82) is 0 Å². The molecular weight excluding hydrogens is 945 g/mol. The number of nitrogens with one attached hydrogen (secondary N) is 5. The van der Waals surface area contributed by atoms with E-state index in [1.54, 1.807) is 55.1 Å². The minimum Gasteiger partial charge on any atom is -0.379 e. The summed E-state index contributed by atoms with van der Waals surface area (Å²) in [5.41, 5.74) is 2.17. The fraction of sp³-hybridized carbons (Fsp3) is 0.607. The first kappa shape index (κ1) is 58.9. The molecule has 8 amide bonds. The summed E-state index contributed by atoms with van der Waals surface area (Å²) in [4.78, 5) is 111. The van der Waals surface area contributed by atoms with Gasteiger partial charge < -0.3 is 45.9 Å². The van der Waals surface area contributed by atoms with Crippen LogP contribution in [0.25, 0.3) is 0 Å². The molecule has 0 bridgehead atoms. The number of nitrogens with zero attached hydrogens (tertiary/aromatic N) is 3. The first-order chi connectivity index (χ1) is 35.4. The average Bonchev–Trinajstić information content (AvgIpc) is 4.14. The second-order valence-electron chi connectivity index (χ2n) is 20.7. The zero-order valence-corrected chi connectivity index (χ0v) is 45.0. The van der Waals surface area contributed by atoms with Crippen LogP contribution in [-0.2, 0) is 60.8 Å². The van der Waals surface area contributed by atoms with E-state index in [1.165, 1.54) is 24.2 Å². The highest BCUT2D eigenvalue weighted by molar-refractivity contribution is 6.12. The lowest BCUT2D eigenvalue weighted by molar-refractivity contribution is -0.147. The van der Waals surface area contributed by atoms with E-state index in [0.717, 1.165) is 24.1 Å². The van der Waals surface area contributed by atoms with E-state index in [-0.39, 0.29) is 78.6 Å². The normalized spacial score (nSPS) is 20.4. The van der Waals surface area contributed by atoms with E-state index in [9.17, 15) is 38.4 Å². The molecule has 0 spiro atoms. The van der Waals surface area contributed by atoms with E-state index >= 15 is 0 Å². The first-order valence-electron chi connectivity index (χ1n) is 26.6. The third kappa shape index (κ3) is 16.0.